The van der Waals surface area contributed by atoms with Crippen LogP contribution in [0.25, 0.3) is 0 Å². The molecule has 2 aromatic rings. The predicted octanol–water partition coefficient (Wildman–Crippen LogP) is 3.94. The molecule has 0 saturated carbocycles. The minimum absolute atomic E-state index is 0.481. The molecule has 0 aliphatic heterocycles. The molecule has 1 N–H and O–H groups in total. The maximum Gasteiger partial charge on any atom is 0.424 e. The van der Waals surface area contributed by atoms with Gasteiger partial charge in [-0.25, -0.2) is 4.79 Å². The van der Waals surface area contributed by atoms with Crippen LogP contribution in [0.15, 0.2) is 65.6 Å². The normalized spacial score (nSPS) is 9.65. The summed E-state index contributed by atoms with van der Waals surface area (Å²) in [6.07, 6.45) is -0.481. The van der Waals surface area contributed by atoms with Crippen LogP contribution < -0.4 is 5.32 Å². The highest BCUT2D eigenvalue weighted by atomic mass is 32.2. The summed E-state index contributed by atoms with van der Waals surface area (Å²) in [5.41, 5.74) is 0.714. The molecule has 0 aliphatic carbocycles. The van der Waals surface area contributed by atoms with E-state index in [0.717, 1.165) is 16.9 Å². The number of carbonyl (C=O) groups excluding carboxylic acids is 1. The van der Waals surface area contributed by atoms with Crippen molar-refractivity contribution in [3.63, 3.8) is 0 Å². The number of carbonyl (C=O) groups is 1. The van der Waals surface area contributed by atoms with E-state index in [2.05, 4.69) is 5.32 Å². The van der Waals surface area contributed by atoms with Crippen molar-refractivity contribution in [2.45, 2.75) is 4.90 Å². The van der Waals surface area contributed by atoms with Gasteiger partial charge in [-0.05, 0) is 24.3 Å². The van der Waals surface area contributed by atoms with E-state index in [1.165, 1.54) is 0 Å². The standard InChI is InChI=1S/C13H11NO2S/c15-13(14-11-7-3-1-4-8-11)16-17-12-9-5-2-6-10-12/h1-10H,(H,14,15). The molecule has 17 heavy (non-hydrogen) atoms. The Morgan fingerprint density at radius 1 is 0.941 bits per heavy atom. The first-order valence-electron chi connectivity index (χ1n) is 5.10. The van der Waals surface area contributed by atoms with Gasteiger partial charge in [0.2, 0.25) is 0 Å². The number of amides is 1. The molecule has 0 unspecified atom stereocenters. The Kier molecular flexibility index (Phi) is 4.05. The molecule has 0 aliphatic rings. The second-order valence-electron chi connectivity index (χ2n) is 3.26. The highest BCUT2D eigenvalue weighted by Crippen LogP contribution is 2.19. The Hall–Kier alpha value is -1.94. The molecular weight excluding hydrogens is 234 g/mol. The molecule has 3 nitrogen and oxygen atoms in total. The van der Waals surface area contributed by atoms with Gasteiger partial charge in [-0.2, -0.15) is 0 Å². The number of rotatable bonds is 3. The van der Waals surface area contributed by atoms with E-state index < -0.39 is 6.09 Å². The van der Waals surface area contributed by atoms with Crippen LogP contribution in [0.4, 0.5) is 10.5 Å². The van der Waals surface area contributed by atoms with E-state index in [1.54, 1.807) is 12.1 Å². The summed E-state index contributed by atoms with van der Waals surface area (Å²) in [5, 5.41) is 2.63. The van der Waals surface area contributed by atoms with Gasteiger partial charge >= 0.3 is 6.09 Å². The minimum Gasteiger partial charge on any atom is -0.369 e. The molecule has 2 aromatic carbocycles. The molecule has 4 heteroatoms. The molecule has 0 spiro atoms. The summed E-state index contributed by atoms with van der Waals surface area (Å²) in [7, 11) is 0. The summed E-state index contributed by atoms with van der Waals surface area (Å²) in [6, 6.07) is 18.6. The fourth-order valence-corrected chi connectivity index (χ4v) is 1.70. The van der Waals surface area contributed by atoms with E-state index in [0.29, 0.717) is 5.69 Å². The number of hydrogen-bond donors (Lipinski definition) is 1. The second kappa shape index (κ2) is 5.96. The van der Waals surface area contributed by atoms with E-state index in [9.17, 15) is 4.79 Å². The first-order chi connectivity index (χ1) is 8.34. The van der Waals surface area contributed by atoms with Crippen LogP contribution in [0.1, 0.15) is 0 Å². The molecule has 0 fully saturated rings. The lowest BCUT2D eigenvalue weighted by Crippen LogP contribution is -2.09. The molecule has 2 rings (SSSR count). The average Bonchev–Trinajstić information content (AvgIpc) is 2.39. The van der Waals surface area contributed by atoms with Gasteiger partial charge in [0.1, 0.15) is 0 Å². The van der Waals surface area contributed by atoms with Crippen molar-refractivity contribution in [2.75, 3.05) is 5.32 Å². The van der Waals surface area contributed by atoms with Gasteiger partial charge in [0.15, 0.2) is 0 Å². The Labute approximate surface area is 104 Å². The number of hydrogen-bond acceptors (Lipinski definition) is 3. The van der Waals surface area contributed by atoms with E-state index in [4.69, 9.17) is 4.18 Å². The van der Waals surface area contributed by atoms with Crippen LogP contribution in [0.5, 0.6) is 0 Å². The summed E-state index contributed by atoms with van der Waals surface area (Å²) in [4.78, 5) is 12.3. The minimum atomic E-state index is -0.481. The molecule has 0 heterocycles. The van der Waals surface area contributed by atoms with Crippen molar-refractivity contribution in [1.82, 2.24) is 0 Å². The van der Waals surface area contributed by atoms with Crippen molar-refractivity contribution in [2.24, 2.45) is 0 Å². The Morgan fingerprint density at radius 2 is 1.53 bits per heavy atom. The van der Waals surface area contributed by atoms with Gasteiger partial charge in [-0.15, -0.1) is 0 Å². The van der Waals surface area contributed by atoms with E-state index in [-0.39, 0.29) is 0 Å². The summed E-state index contributed by atoms with van der Waals surface area (Å²) < 4.78 is 5.00. The zero-order valence-corrected chi connectivity index (χ0v) is 9.81. The maximum atomic E-state index is 11.4. The Balaban J connectivity index is 1.83. The lowest BCUT2D eigenvalue weighted by molar-refractivity contribution is 0.222. The van der Waals surface area contributed by atoms with Crippen molar-refractivity contribution in [1.29, 1.82) is 0 Å². The molecule has 0 aromatic heterocycles. The number of nitrogens with one attached hydrogen (secondary N) is 1. The van der Waals surface area contributed by atoms with Crippen LogP contribution in [0.3, 0.4) is 0 Å². The van der Waals surface area contributed by atoms with Crippen molar-refractivity contribution in [3.8, 4) is 0 Å². The van der Waals surface area contributed by atoms with Crippen molar-refractivity contribution in [3.05, 3.63) is 60.7 Å². The quantitative estimate of drug-likeness (QED) is 0.832. The third-order valence-electron chi connectivity index (χ3n) is 1.98. The van der Waals surface area contributed by atoms with Crippen LogP contribution in [0, 0.1) is 0 Å². The van der Waals surface area contributed by atoms with Crippen LogP contribution in [0.2, 0.25) is 0 Å². The van der Waals surface area contributed by atoms with Gasteiger partial charge in [0.05, 0.1) is 12.0 Å². The highest BCUT2D eigenvalue weighted by Gasteiger charge is 2.04. The number of benzene rings is 2. The predicted molar refractivity (Wildman–Crippen MR) is 68.8 cm³/mol. The van der Waals surface area contributed by atoms with Crippen LogP contribution in [-0.2, 0) is 4.18 Å². The fraction of sp³-hybridized carbons (Fsp3) is 0. The molecule has 0 saturated heterocycles. The zero-order valence-electron chi connectivity index (χ0n) is 9.00. The second-order valence-corrected chi connectivity index (χ2v) is 4.06. The molecule has 0 bridgehead atoms. The van der Waals surface area contributed by atoms with Crippen molar-refractivity contribution < 1.29 is 8.98 Å². The zero-order chi connectivity index (χ0) is 11.9. The largest absolute Gasteiger partial charge is 0.424 e. The van der Waals surface area contributed by atoms with Crippen LogP contribution in [-0.4, -0.2) is 6.09 Å². The first kappa shape index (κ1) is 11.5. The average molecular weight is 245 g/mol. The Morgan fingerprint density at radius 3 is 2.18 bits per heavy atom. The number of anilines is 1. The van der Waals surface area contributed by atoms with Gasteiger partial charge in [0, 0.05) is 10.6 Å². The lowest BCUT2D eigenvalue weighted by atomic mass is 10.3. The third-order valence-corrected chi connectivity index (χ3v) is 2.68. The third kappa shape index (κ3) is 3.85. The van der Waals surface area contributed by atoms with E-state index in [1.807, 2.05) is 48.5 Å². The molecule has 1 amide bonds. The lowest BCUT2D eigenvalue weighted by Gasteiger charge is -2.04. The molecule has 86 valence electrons. The van der Waals surface area contributed by atoms with Gasteiger partial charge in [-0.3, -0.25) is 5.32 Å². The Bertz CT molecular complexity index is 473. The van der Waals surface area contributed by atoms with Crippen molar-refractivity contribution >= 4 is 23.8 Å². The van der Waals surface area contributed by atoms with Gasteiger partial charge < -0.3 is 4.18 Å². The summed E-state index contributed by atoms with van der Waals surface area (Å²) >= 11 is 1.04. The smallest absolute Gasteiger partial charge is 0.369 e. The molecule has 0 radical (unpaired) electrons. The maximum absolute atomic E-state index is 11.4. The highest BCUT2D eigenvalue weighted by molar-refractivity contribution is 7.95. The topological polar surface area (TPSA) is 38.3 Å². The van der Waals surface area contributed by atoms with Crippen LogP contribution >= 0.6 is 12.0 Å². The van der Waals surface area contributed by atoms with E-state index >= 15 is 0 Å². The van der Waals surface area contributed by atoms with Gasteiger partial charge in [-0.1, -0.05) is 36.4 Å². The SMILES string of the molecule is O=C(Nc1ccccc1)OSc1ccccc1. The summed E-state index contributed by atoms with van der Waals surface area (Å²) in [6.45, 7) is 0. The monoisotopic (exact) mass is 245 g/mol. The summed E-state index contributed by atoms with van der Waals surface area (Å²) in [5.74, 6) is 0. The fourth-order valence-electron chi connectivity index (χ4n) is 1.22. The number of para-hydroxylation sites is 1. The molecular formula is C13H11NO2S. The molecule has 0 atom stereocenters. The first-order valence-corrected chi connectivity index (χ1v) is 5.84. The van der Waals surface area contributed by atoms with Gasteiger partial charge in [0.25, 0.3) is 0 Å².